The summed E-state index contributed by atoms with van der Waals surface area (Å²) >= 11 is 0. The van der Waals surface area contributed by atoms with Gasteiger partial charge in [0, 0.05) is 22.5 Å². The topological polar surface area (TPSA) is 52.0 Å². The van der Waals surface area contributed by atoms with E-state index in [9.17, 15) is 0 Å². The van der Waals surface area contributed by atoms with E-state index in [-0.39, 0.29) is 33.6 Å². The van der Waals surface area contributed by atoms with E-state index in [1.54, 1.807) is 55.4 Å². The van der Waals surface area contributed by atoms with Gasteiger partial charge in [0.15, 0.2) is 0 Å². The Labute approximate surface area is 244 Å². The van der Waals surface area contributed by atoms with Crippen molar-refractivity contribution in [2.75, 3.05) is 11.5 Å². The molecule has 4 N–H and O–H groups in total. The number of alkyl halides is 8. The molecule has 0 spiro atoms. The number of halogens is 8. The monoisotopic (exact) mass is 608 g/mol. The van der Waals surface area contributed by atoms with Crippen molar-refractivity contribution in [2.24, 2.45) is 0 Å². The molecule has 10 heteroatoms. The van der Waals surface area contributed by atoms with Gasteiger partial charge in [-0.3, -0.25) is 0 Å². The van der Waals surface area contributed by atoms with Crippen molar-refractivity contribution < 1.29 is 35.1 Å². The number of benzene rings is 2. The Bertz CT molecular complexity index is 1080. The number of hydrogen-bond acceptors (Lipinski definition) is 2. The minimum Gasteiger partial charge on any atom is -0.398 e. The molecule has 4 unspecified atom stereocenters. The average Bonchev–Trinajstić information content (AvgIpc) is 2.94. The molecule has 2 aromatic rings. The van der Waals surface area contributed by atoms with E-state index in [1.807, 2.05) is 0 Å². The van der Waals surface area contributed by atoms with Crippen molar-refractivity contribution in [3.63, 3.8) is 0 Å². The van der Waals surface area contributed by atoms with E-state index in [1.165, 1.54) is 0 Å². The van der Waals surface area contributed by atoms with Crippen molar-refractivity contribution in [2.45, 2.75) is 128 Å². The van der Waals surface area contributed by atoms with Crippen LogP contribution in [-0.2, 0) is 11.8 Å². The molecule has 0 saturated carbocycles. The van der Waals surface area contributed by atoms with Gasteiger partial charge in [-0.15, -0.1) is 0 Å². The van der Waals surface area contributed by atoms with Crippen molar-refractivity contribution in [3.05, 3.63) is 57.6 Å². The molecule has 2 nitrogen and oxygen atoms in total. The van der Waals surface area contributed by atoms with E-state index >= 15 is 35.1 Å². The van der Waals surface area contributed by atoms with E-state index in [4.69, 9.17) is 11.5 Å². The maximum absolute atomic E-state index is 15.7. The molecule has 42 heavy (non-hydrogen) atoms. The van der Waals surface area contributed by atoms with Gasteiger partial charge in [-0.25, -0.2) is 0 Å². The summed E-state index contributed by atoms with van der Waals surface area (Å²) in [6, 6.07) is 2.57. The fraction of sp³-hybridized carbons (Fsp3) is 0.625. The average molecular weight is 609 g/mol. The molecule has 238 valence electrons. The van der Waals surface area contributed by atoms with Gasteiger partial charge in [0.25, 0.3) is 0 Å². The van der Waals surface area contributed by atoms with Gasteiger partial charge in [-0.05, 0) is 95.9 Å². The zero-order valence-electron chi connectivity index (χ0n) is 25.6. The van der Waals surface area contributed by atoms with Crippen LogP contribution in [0.4, 0.5) is 46.5 Å². The van der Waals surface area contributed by atoms with Crippen LogP contribution >= 0.6 is 0 Å². The third kappa shape index (κ3) is 5.83. The second-order valence-electron chi connectivity index (χ2n) is 11.7. The second-order valence-corrected chi connectivity index (χ2v) is 11.7. The summed E-state index contributed by atoms with van der Waals surface area (Å²) in [5.74, 6) is -26.3. The molecule has 0 aliphatic heterocycles. The highest BCUT2D eigenvalue weighted by Crippen LogP contribution is 2.60. The molecule has 2 aromatic carbocycles. The molecule has 0 bridgehead atoms. The van der Waals surface area contributed by atoms with Crippen LogP contribution in [0.25, 0.3) is 0 Å². The van der Waals surface area contributed by atoms with E-state index < -0.39 is 58.5 Å². The maximum Gasteiger partial charge on any atom is 0.382 e. The summed E-state index contributed by atoms with van der Waals surface area (Å²) in [5.41, 5.74) is 9.89. The van der Waals surface area contributed by atoms with Crippen LogP contribution in [0, 0.1) is 0 Å². The molecule has 4 atom stereocenters. The summed E-state index contributed by atoms with van der Waals surface area (Å²) < 4.78 is 125. The first-order chi connectivity index (χ1) is 19.2. The maximum atomic E-state index is 15.7. The lowest BCUT2D eigenvalue weighted by Gasteiger charge is -2.38. The van der Waals surface area contributed by atoms with Crippen LogP contribution in [0.15, 0.2) is 24.3 Å². The molecular formula is C32H44F8N2. The normalized spacial score (nSPS) is 16.3. The Hall–Kier alpha value is -2.52. The van der Waals surface area contributed by atoms with Crippen molar-refractivity contribution >= 4 is 11.4 Å². The number of hydrogen-bond donors (Lipinski definition) is 2. The highest BCUT2D eigenvalue weighted by molar-refractivity contribution is 5.60. The lowest BCUT2D eigenvalue weighted by atomic mass is 9.82. The zero-order chi connectivity index (χ0) is 32.6. The summed E-state index contributed by atoms with van der Waals surface area (Å²) in [6.45, 7) is 13.4. The highest BCUT2D eigenvalue weighted by Gasteiger charge is 2.81. The first-order valence-corrected chi connectivity index (χ1v) is 14.6. The molecule has 0 aliphatic carbocycles. The number of rotatable bonds is 13. The van der Waals surface area contributed by atoms with Gasteiger partial charge in [-0.1, -0.05) is 55.4 Å². The molecule has 2 rings (SSSR count). The fourth-order valence-electron chi connectivity index (χ4n) is 5.03. The first kappa shape index (κ1) is 35.7. The van der Waals surface area contributed by atoms with Crippen molar-refractivity contribution in [3.8, 4) is 0 Å². The summed E-state index contributed by atoms with van der Waals surface area (Å²) in [4.78, 5) is 0. The minimum atomic E-state index is -6.49. The first-order valence-electron chi connectivity index (χ1n) is 14.6. The summed E-state index contributed by atoms with van der Waals surface area (Å²) in [6.07, 6.45) is 1.55. The van der Waals surface area contributed by atoms with Gasteiger partial charge < -0.3 is 11.5 Å². The number of nitrogen functional groups attached to an aromatic ring is 2. The molecular weight excluding hydrogens is 564 g/mol. The SMILES string of the molecule is CCC(C)c1cc(C(F)(F)C(F)(F)C(F)(F)C(F)(F)c2cc(C(C)CC)c(N)c(C(C)CC)c2)cc(C(C)CC)c1N. The Balaban J connectivity index is 2.84. The Kier molecular flexibility index (Phi) is 10.7. The summed E-state index contributed by atoms with van der Waals surface area (Å²) in [7, 11) is 0. The van der Waals surface area contributed by atoms with Crippen LogP contribution in [-0.4, -0.2) is 11.8 Å². The smallest absolute Gasteiger partial charge is 0.382 e. The van der Waals surface area contributed by atoms with Crippen LogP contribution in [0.2, 0.25) is 0 Å². The quantitative estimate of drug-likeness (QED) is 0.176. The highest BCUT2D eigenvalue weighted by atomic mass is 19.4. The van der Waals surface area contributed by atoms with Crippen LogP contribution in [0.3, 0.4) is 0 Å². The predicted octanol–water partition coefficient (Wildman–Crippen LogP) is 11.1. The van der Waals surface area contributed by atoms with E-state index in [0.717, 1.165) is 0 Å². The molecule has 0 heterocycles. The molecule has 0 aromatic heterocycles. The van der Waals surface area contributed by atoms with Crippen LogP contribution < -0.4 is 11.5 Å². The lowest BCUT2D eigenvalue weighted by molar-refractivity contribution is -0.374. The third-order valence-corrected chi connectivity index (χ3v) is 8.97. The Morgan fingerprint density at radius 3 is 0.833 bits per heavy atom. The molecule has 0 amide bonds. The fourth-order valence-corrected chi connectivity index (χ4v) is 5.03. The molecule has 0 saturated heterocycles. The van der Waals surface area contributed by atoms with Crippen LogP contribution in [0.5, 0.6) is 0 Å². The number of anilines is 2. The standard InChI is InChI=1S/C32H44F8N2/c1-9-17(5)23-13-21(14-24(27(23)41)18(6)10-2)29(33,34)31(37,38)32(39,40)30(35,36)22-15-25(19(7)11-3)28(42)26(16-22)20(8)12-4/h13-20H,9-12,41-42H2,1-8H3. The third-order valence-electron chi connectivity index (χ3n) is 8.97. The minimum absolute atomic E-state index is 0.0748. The summed E-state index contributed by atoms with van der Waals surface area (Å²) in [5, 5.41) is 0. The molecule has 0 radical (unpaired) electrons. The van der Waals surface area contributed by atoms with Crippen molar-refractivity contribution in [1.29, 1.82) is 0 Å². The lowest BCUT2D eigenvalue weighted by Crippen LogP contribution is -2.59. The Morgan fingerprint density at radius 2 is 0.667 bits per heavy atom. The largest absolute Gasteiger partial charge is 0.398 e. The van der Waals surface area contributed by atoms with Gasteiger partial charge in [0.05, 0.1) is 0 Å². The van der Waals surface area contributed by atoms with E-state index in [0.29, 0.717) is 49.9 Å². The molecule has 0 aliphatic rings. The van der Waals surface area contributed by atoms with Crippen molar-refractivity contribution in [1.82, 2.24) is 0 Å². The Morgan fingerprint density at radius 1 is 0.476 bits per heavy atom. The van der Waals surface area contributed by atoms with Gasteiger partial charge in [0.2, 0.25) is 0 Å². The predicted molar refractivity (Wildman–Crippen MR) is 154 cm³/mol. The van der Waals surface area contributed by atoms with E-state index in [2.05, 4.69) is 0 Å². The zero-order valence-corrected chi connectivity index (χ0v) is 25.6. The van der Waals surface area contributed by atoms with Gasteiger partial charge >= 0.3 is 23.7 Å². The molecule has 0 fully saturated rings. The second kappa shape index (κ2) is 12.6. The number of nitrogens with two attached hydrogens (primary N) is 2. The van der Waals surface area contributed by atoms with Crippen LogP contribution in [0.1, 0.15) is 138 Å². The van der Waals surface area contributed by atoms with Gasteiger partial charge in [-0.2, -0.15) is 35.1 Å². The van der Waals surface area contributed by atoms with Gasteiger partial charge in [0.1, 0.15) is 0 Å².